The van der Waals surface area contributed by atoms with Crippen molar-refractivity contribution in [1.29, 1.82) is 0 Å². The van der Waals surface area contributed by atoms with Gasteiger partial charge in [-0.1, -0.05) is 18.2 Å². The van der Waals surface area contributed by atoms with Gasteiger partial charge in [0, 0.05) is 30.9 Å². The normalized spacial score (nSPS) is 11.4. The molecule has 22 heavy (non-hydrogen) atoms. The smallest absolute Gasteiger partial charge is 0.302 e. The fourth-order valence-electron chi connectivity index (χ4n) is 2.99. The van der Waals surface area contributed by atoms with E-state index in [-0.39, 0.29) is 16.8 Å². The Morgan fingerprint density at radius 2 is 1.41 bits per heavy atom. The first kappa shape index (κ1) is 14.3. The number of nitrogens with zero attached hydrogens (tertiary/aromatic N) is 3. The van der Waals surface area contributed by atoms with Gasteiger partial charge in [0.1, 0.15) is 5.52 Å². The van der Waals surface area contributed by atoms with E-state index < -0.39 is 5.56 Å². The van der Waals surface area contributed by atoms with Crippen LogP contribution in [0.1, 0.15) is 13.8 Å². The molecular formula is C16H17N3O3. The number of fused-ring (bicyclic) bond motifs is 3. The van der Waals surface area contributed by atoms with E-state index in [9.17, 15) is 14.4 Å². The highest BCUT2D eigenvalue weighted by Gasteiger charge is 2.18. The van der Waals surface area contributed by atoms with Gasteiger partial charge >= 0.3 is 5.69 Å². The van der Waals surface area contributed by atoms with Gasteiger partial charge in [0.25, 0.3) is 11.1 Å². The molecule has 0 radical (unpaired) electrons. The maximum atomic E-state index is 12.6. The summed E-state index contributed by atoms with van der Waals surface area (Å²) in [6.07, 6.45) is 0. The third kappa shape index (κ3) is 1.70. The Morgan fingerprint density at radius 3 is 2.00 bits per heavy atom. The third-order valence-electron chi connectivity index (χ3n) is 4.08. The molecule has 114 valence electrons. The fourth-order valence-corrected chi connectivity index (χ4v) is 2.99. The molecule has 3 rings (SSSR count). The highest BCUT2D eigenvalue weighted by atomic mass is 16.2. The summed E-state index contributed by atoms with van der Waals surface area (Å²) in [7, 11) is 1.44. The molecule has 2 aromatic heterocycles. The van der Waals surface area contributed by atoms with Gasteiger partial charge < -0.3 is 4.57 Å². The Hall–Kier alpha value is -2.63. The van der Waals surface area contributed by atoms with E-state index in [2.05, 4.69) is 0 Å². The summed E-state index contributed by atoms with van der Waals surface area (Å²) in [5, 5.41) is 1.16. The maximum Gasteiger partial charge on any atom is 0.331 e. The molecule has 0 fully saturated rings. The van der Waals surface area contributed by atoms with Gasteiger partial charge in [-0.15, -0.1) is 0 Å². The largest absolute Gasteiger partial charge is 0.331 e. The first-order chi connectivity index (χ1) is 10.5. The first-order valence-electron chi connectivity index (χ1n) is 7.28. The SMILES string of the molecule is CCn1c(=O)c2ccccc2c2c1c(=O)n(C)c(=O)n2CC. The summed E-state index contributed by atoms with van der Waals surface area (Å²) in [6.45, 7) is 4.46. The molecule has 0 spiro atoms. The molecule has 0 saturated carbocycles. The van der Waals surface area contributed by atoms with Crippen LogP contribution in [0.2, 0.25) is 0 Å². The zero-order valence-electron chi connectivity index (χ0n) is 12.8. The Labute approximate surface area is 125 Å². The van der Waals surface area contributed by atoms with E-state index in [1.54, 1.807) is 28.8 Å². The van der Waals surface area contributed by atoms with Crippen molar-refractivity contribution in [3.63, 3.8) is 0 Å². The van der Waals surface area contributed by atoms with Gasteiger partial charge in [-0.05, 0) is 19.9 Å². The van der Waals surface area contributed by atoms with Crippen LogP contribution in [0.3, 0.4) is 0 Å². The summed E-state index contributed by atoms with van der Waals surface area (Å²) in [4.78, 5) is 37.6. The number of pyridine rings is 1. The standard InChI is InChI=1S/C16H17N3O3/c1-4-18-13-12(10-8-6-7-9-11(10)14(18)20)19(5-2)16(22)17(3)15(13)21/h6-9H,4-5H2,1-3H3. The predicted octanol–water partition coefficient (Wildman–Crippen LogP) is 1.05. The molecule has 6 heteroatoms. The van der Waals surface area contributed by atoms with Crippen LogP contribution in [-0.4, -0.2) is 13.7 Å². The third-order valence-corrected chi connectivity index (χ3v) is 4.08. The molecule has 2 heterocycles. The van der Waals surface area contributed by atoms with Gasteiger partial charge in [-0.25, -0.2) is 4.79 Å². The molecular weight excluding hydrogens is 282 g/mol. The number of hydrogen-bond donors (Lipinski definition) is 0. The molecule has 0 aliphatic carbocycles. The molecule has 0 aliphatic heterocycles. The van der Waals surface area contributed by atoms with Crippen LogP contribution in [-0.2, 0) is 20.1 Å². The lowest BCUT2D eigenvalue weighted by Crippen LogP contribution is -2.40. The molecule has 0 atom stereocenters. The highest BCUT2D eigenvalue weighted by Crippen LogP contribution is 2.19. The lowest BCUT2D eigenvalue weighted by atomic mass is 10.1. The summed E-state index contributed by atoms with van der Waals surface area (Å²) in [5.74, 6) is 0. The zero-order chi connectivity index (χ0) is 16.0. The highest BCUT2D eigenvalue weighted by molar-refractivity contribution is 6.03. The zero-order valence-corrected chi connectivity index (χ0v) is 12.8. The molecule has 0 bridgehead atoms. The molecule has 6 nitrogen and oxygen atoms in total. The second-order valence-corrected chi connectivity index (χ2v) is 5.18. The second kappa shape index (κ2) is 4.98. The van der Waals surface area contributed by atoms with E-state index in [1.807, 2.05) is 13.8 Å². The van der Waals surface area contributed by atoms with Gasteiger partial charge in [-0.2, -0.15) is 0 Å². The summed E-state index contributed by atoms with van der Waals surface area (Å²) in [5.41, 5.74) is -0.187. The van der Waals surface area contributed by atoms with Crippen molar-refractivity contribution >= 4 is 21.8 Å². The van der Waals surface area contributed by atoms with Crippen molar-refractivity contribution in [2.75, 3.05) is 0 Å². The van der Waals surface area contributed by atoms with Gasteiger partial charge in [0.15, 0.2) is 0 Å². The van der Waals surface area contributed by atoms with Crippen LogP contribution in [0, 0.1) is 0 Å². The predicted molar refractivity (Wildman–Crippen MR) is 86.6 cm³/mol. The number of hydrogen-bond acceptors (Lipinski definition) is 3. The van der Waals surface area contributed by atoms with Crippen molar-refractivity contribution < 1.29 is 0 Å². The van der Waals surface area contributed by atoms with Gasteiger partial charge in [0.05, 0.1) is 5.52 Å². The Kier molecular flexibility index (Phi) is 3.24. The van der Waals surface area contributed by atoms with E-state index in [0.29, 0.717) is 29.4 Å². The van der Waals surface area contributed by atoms with Crippen LogP contribution in [0.4, 0.5) is 0 Å². The van der Waals surface area contributed by atoms with E-state index in [4.69, 9.17) is 0 Å². The number of rotatable bonds is 2. The number of aryl methyl sites for hydroxylation is 2. The van der Waals surface area contributed by atoms with Crippen LogP contribution in [0.5, 0.6) is 0 Å². The molecule has 1 aromatic carbocycles. The lowest BCUT2D eigenvalue weighted by molar-refractivity contribution is 0.645. The molecule has 0 aliphatic rings. The topological polar surface area (TPSA) is 66.0 Å². The van der Waals surface area contributed by atoms with Crippen molar-refractivity contribution in [2.24, 2.45) is 7.05 Å². The van der Waals surface area contributed by atoms with Crippen molar-refractivity contribution in [3.8, 4) is 0 Å². The van der Waals surface area contributed by atoms with Crippen LogP contribution >= 0.6 is 0 Å². The minimum Gasteiger partial charge on any atom is -0.302 e. The molecule has 0 amide bonds. The monoisotopic (exact) mass is 299 g/mol. The fraction of sp³-hybridized carbons (Fsp3) is 0.312. The maximum absolute atomic E-state index is 12.6. The number of aromatic nitrogens is 3. The molecule has 0 N–H and O–H groups in total. The van der Waals surface area contributed by atoms with Crippen LogP contribution in [0.15, 0.2) is 38.6 Å². The van der Waals surface area contributed by atoms with Crippen LogP contribution < -0.4 is 16.8 Å². The minimum absolute atomic E-state index is 0.205. The number of benzene rings is 1. The van der Waals surface area contributed by atoms with Crippen molar-refractivity contribution in [2.45, 2.75) is 26.9 Å². The summed E-state index contributed by atoms with van der Waals surface area (Å²) >= 11 is 0. The Bertz CT molecular complexity index is 1070. The average Bonchev–Trinajstić information content (AvgIpc) is 2.54. The lowest BCUT2D eigenvalue weighted by Gasteiger charge is -2.16. The minimum atomic E-state index is -0.436. The van der Waals surface area contributed by atoms with E-state index in [1.165, 1.54) is 11.6 Å². The van der Waals surface area contributed by atoms with E-state index >= 15 is 0 Å². The molecule has 0 unspecified atom stereocenters. The molecule has 3 aromatic rings. The second-order valence-electron chi connectivity index (χ2n) is 5.18. The van der Waals surface area contributed by atoms with E-state index in [0.717, 1.165) is 4.57 Å². The average molecular weight is 299 g/mol. The molecule has 0 saturated heterocycles. The summed E-state index contributed by atoms with van der Waals surface area (Å²) < 4.78 is 4.06. The van der Waals surface area contributed by atoms with Crippen molar-refractivity contribution in [3.05, 3.63) is 55.5 Å². The first-order valence-corrected chi connectivity index (χ1v) is 7.28. The van der Waals surface area contributed by atoms with Gasteiger partial charge in [-0.3, -0.25) is 18.7 Å². The Balaban J connectivity index is 2.86. The summed E-state index contributed by atoms with van der Waals surface area (Å²) in [6, 6.07) is 7.10. The Morgan fingerprint density at radius 1 is 0.818 bits per heavy atom. The quantitative estimate of drug-likeness (QED) is 0.664. The van der Waals surface area contributed by atoms with Crippen LogP contribution in [0.25, 0.3) is 21.8 Å². The van der Waals surface area contributed by atoms with Crippen molar-refractivity contribution in [1.82, 2.24) is 13.7 Å². The van der Waals surface area contributed by atoms with Gasteiger partial charge in [0.2, 0.25) is 0 Å².